The molecule has 0 spiro atoms. The zero-order valence-electron chi connectivity index (χ0n) is 31.7. The van der Waals surface area contributed by atoms with Crippen molar-refractivity contribution >= 4 is 0 Å². The third-order valence-corrected chi connectivity index (χ3v) is 15.9. The smallest absolute Gasteiger partial charge is 0.186 e. The molecular formula is C39H66O14. The molecule has 7 rings (SSSR count). The molecule has 7 fully saturated rings. The highest BCUT2D eigenvalue weighted by molar-refractivity contribution is 5.15. The van der Waals surface area contributed by atoms with Gasteiger partial charge in [-0.15, -0.1) is 0 Å². The second-order valence-corrected chi connectivity index (χ2v) is 18.7. The number of hydrogen-bond donors (Lipinski definition) is 9. The molecule has 0 aromatic rings. The van der Waals surface area contributed by atoms with Crippen LogP contribution in [0.15, 0.2) is 0 Å². The molecule has 3 heterocycles. The van der Waals surface area contributed by atoms with Crippen LogP contribution in [0.1, 0.15) is 91.9 Å². The van der Waals surface area contributed by atoms with E-state index < -0.39 is 80.4 Å². The van der Waals surface area contributed by atoms with E-state index in [0.717, 1.165) is 51.4 Å². The number of aliphatic hydroxyl groups is 9. The summed E-state index contributed by atoms with van der Waals surface area (Å²) in [6.07, 6.45) is -3.89. The number of ether oxygens (including phenoxy) is 5. The van der Waals surface area contributed by atoms with E-state index in [1.807, 2.05) is 6.92 Å². The van der Waals surface area contributed by atoms with Crippen molar-refractivity contribution in [2.24, 2.45) is 52.3 Å². The van der Waals surface area contributed by atoms with Crippen LogP contribution in [-0.4, -0.2) is 145 Å². The maximum Gasteiger partial charge on any atom is 0.186 e. The second-order valence-electron chi connectivity index (χ2n) is 18.7. The lowest BCUT2D eigenvalue weighted by molar-refractivity contribution is -0.316. The van der Waals surface area contributed by atoms with Crippen molar-refractivity contribution in [1.82, 2.24) is 0 Å². The average molecular weight is 759 g/mol. The van der Waals surface area contributed by atoms with Crippen molar-refractivity contribution in [2.75, 3.05) is 19.8 Å². The Morgan fingerprint density at radius 3 is 2.02 bits per heavy atom. The molecule has 0 unspecified atom stereocenters. The highest BCUT2D eigenvalue weighted by Crippen LogP contribution is 2.71. The molecule has 0 amide bonds. The van der Waals surface area contributed by atoms with Gasteiger partial charge in [0.2, 0.25) is 0 Å². The minimum Gasteiger partial charge on any atom is -0.394 e. The van der Waals surface area contributed by atoms with E-state index in [-0.39, 0.29) is 47.4 Å². The number of rotatable bonds is 10. The maximum absolute atomic E-state index is 12.0. The van der Waals surface area contributed by atoms with Crippen molar-refractivity contribution in [3.63, 3.8) is 0 Å². The minimum absolute atomic E-state index is 0.00220. The van der Waals surface area contributed by atoms with Gasteiger partial charge in [0.1, 0.15) is 48.8 Å². The van der Waals surface area contributed by atoms with E-state index in [1.54, 1.807) is 0 Å². The van der Waals surface area contributed by atoms with Gasteiger partial charge in [-0.05, 0) is 104 Å². The zero-order chi connectivity index (χ0) is 38.2. The van der Waals surface area contributed by atoms with Crippen LogP contribution < -0.4 is 0 Å². The summed E-state index contributed by atoms with van der Waals surface area (Å²) in [4.78, 5) is 0. The fraction of sp³-hybridized carbons (Fsp3) is 1.00. The number of fused-ring (bicyclic) bond motifs is 7. The third kappa shape index (κ3) is 6.96. The van der Waals surface area contributed by atoms with Gasteiger partial charge in [0, 0.05) is 12.3 Å². The summed E-state index contributed by atoms with van der Waals surface area (Å²) < 4.78 is 29.8. The monoisotopic (exact) mass is 758 g/mol. The van der Waals surface area contributed by atoms with Crippen LogP contribution in [0.2, 0.25) is 0 Å². The molecule has 14 heteroatoms. The average Bonchev–Trinajstić information content (AvgIpc) is 3.57. The number of aliphatic hydroxyl groups excluding tert-OH is 8. The largest absolute Gasteiger partial charge is 0.394 e. The van der Waals surface area contributed by atoms with Crippen molar-refractivity contribution in [1.29, 1.82) is 0 Å². The van der Waals surface area contributed by atoms with E-state index in [0.29, 0.717) is 36.5 Å². The van der Waals surface area contributed by atoms with Gasteiger partial charge in [0.15, 0.2) is 18.4 Å². The van der Waals surface area contributed by atoms with E-state index in [4.69, 9.17) is 23.7 Å². The second kappa shape index (κ2) is 15.3. The van der Waals surface area contributed by atoms with Crippen molar-refractivity contribution in [3.05, 3.63) is 0 Å². The van der Waals surface area contributed by atoms with Crippen LogP contribution in [0.25, 0.3) is 0 Å². The van der Waals surface area contributed by atoms with Gasteiger partial charge in [-0.2, -0.15) is 0 Å². The molecule has 0 radical (unpaired) electrons. The van der Waals surface area contributed by atoms with Crippen LogP contribution in [0.3, 0.4) is 0 Å². The van der Waals surface area contributed by atoms with Gasteiger partial charge in [0.05, 0.1) is 32.0 Å². The summed E-state index contributed by atoms with van der Waals surface area (Å²) in [6, 6.07) is 0. The summed E-state index contributed by atoms with van der Waals surface area (Å²) in [7, 11) is 0. The minimum atomic E-state index is -1.49. The Balaban J connectivity index is 0.931. The summed E-state index contributed by atoms with van der Waals surface area (Å²) in [5.41, 5.74) is 0.235. The first kappa shape index (κ1) is 40.6. The van der Waals surface area contributed by atoms with Gasteiger partial charge in [0.25, 0.3) is 0 Å². The highest BCUT2D eigenvalue weighted by Gasteiger charge is 2.68. The molecule has 4 aliphatic carbocycles. The van der Waals surface area contributed by atoms with E-state index in [1.165, 1.54) is 0 Å². The van der Waals surface area contributed by atoms with Crippen LogP contribution >= 0.6 is 0 Å². The van der Waals surface area contributed by atoms with E-state index in [9.17, 15) is 46.0 Å². The van der Waals surface area contributed by atoms with Gasteiger partial charge in [-0.25, -0.2) is 0 Å². The van der Waals surface area contributed by atoms with Crippen LogP contribution in [0, 0.1) is 52.3 Å². The quantitative estimate of drug-likeness (QED) is 0.138. The van der Waals surface area contributed by atoms with Gasteiger partial charge >= 0.3 is 0 Å². The molecular weight excluding hydrogens is 692 g/mol. The fourth-order valence-electron chi connectivity index (χ4n) is 12.7. The lowest BCUT2D eigenvalue weighted by atomic mass is 9.44. The van der Waals surface area contributed by atoms with Crippen molar-refractivity contribution < 1.29 is 69.6 Å². The maximum atomic E-state index is 12.0. The number of hydrogen-bond acceptors (Lipinski definition) is 14. The highest BCUT2D eigenvalue weighted by atomic mass is 16.7. The van der Waals surface area contributed by atoms with Crippen LogP contribution in [0.4, 0.5) is 0 Å². The Morgan fingerprint density at radius 1 is 0.736 bits per heavy atom. The summed E-state index contributed by atoms with van der Waals surface area (Å²) in [5, 5.41) is 92.5. The molecule has 3 saturated heterocycles. The topological polar surface area (TPSA) is 228 Å². The Bertz CT molecular complexity index is 1260. The molecule has 9 N–H and O–H groups in total. The van der Waals surface area contributed by atoms with E-state index in [2.05, 4.69) is 20.8 Å². The predicted octanol–water partition coefficient (Wildman–Crippen LogP) is 0.397. The molecule has 7 aliphatic rings. The Hall–Kier alpha value is -0.560. The summed E-state index contributed by atoms with van der Waals surface area (Å²) in [6.45, 7) is 8.25. The predicted molar refractivity (Wildman–Crippen MR) is 186 cm³/mol. The first-order valence-corrected chi connectivity index (χ1v) is 20.3. The van der Waals surface area contributed by atoms with Gasteiger partial charge in [-0.3, -0.25) is 0 Å². The molecule has 306 valence electrons. The van der Waals surface area contributed by atoms with Gasteiger partial charge in [-0.1, -0.05) is 27.7 Å². The fourth-order valence-corrected chi connectivity index (χ4v) is 12.7. The zero-order valence-corrected chi connectivity index (χ0v) is 31.7. The third-order valence-electron chi connectivity index (χ3n) is 15.9. The molecule has 14 nitrogen and oxygen atoms in total. The summed E-state index contributed by atoms with van der Waals surface area (Å²) in [5.74, 6) is 1.11. The lowest BCUT2D eigenvalue weighted by Gasteiger charge is -2.61. The Labute approximate surface area is 312 Å². The van der Waals surface area contributed by atoms with Crippen LogP contribution in [-0.2, 0) is 23.7 Å². The van der Waals surface area contributed by atoms with Crippen molar-refractivity contribution in [3.8, 4) is 0 Å². The molecule has 3 aliphatic heterocycles. The van der Waals surface area contributed by atoms with Crippen LogP contribution in [0.5, 0.6) is 0 Å². The summed E-state index contributed by atoms with van der Waals surface area (Å²) >= 11 is 0. The first-order valence-electron chi connectivity index (χ1n) is 20.3. The van der Waals surface area contributed by atoms with E-state index >= 15 is 0 Å². The normalized spacial score (nSPS) is 55.9. The molecule has 0 aromatic carbocycles. The lowest BCUT2D eigenvalue weighted by Crippen LogP contribution is -2.60. The molecule has 22 atom stereocenters. The molecule has 0 aromatic heterocycles. The standard InChI is InChI=1S/C39H66O14/c1-18(17-49-35-33(46)31(44)29(42)26(15-40)51-35)7-12-39(48)19(2)28-25(53-39)14-24-22-6-5-20-13-21(8-10-37(20,3)23(22)9-11-38(24,28)4)50-36-34(47)32(45)30(43)27(16-41)52-36/h18-36,40-48H,5-17H2,1-4H3/t18-,19+,20+,21+,22-,23+,24+,25+,26+,27-,28+,29+,30+,31+,32+,33-,34+,35+,36-,37-,38+,39+/m1/s1. The van der Waals surface area contributed by atoms with Gasteiger partial charge < -0.3 is 69.6 Å². The SMILES string of the molecule is C[C@H](CC[C@]1(O)O[C@H]2C[C@H]3[C@@H]4CC[C@H]5C[C@@H](O[C@@H]6O[C@H](CO)[C@H](O)[C@H](O)[C@@H]6O)CC[C@@]5(C)[C@H]4CC[C@]3(C)[C@H]2[C@@H]1C)CO[C@H]1O[C@@H](CO)[C@H](O)[C@H](O)[C@H]1O. The molecule has 0 bridgehead atoms. The Morgan fingerprint density at radius 2 is 1.36 bits per heavy atom. The molecule has 53 heavy (non-hydrogen) atoms. The first-order chi connectivity index (χ1) is 25.1. The Kier molecular flexibility index (Phi) is 11.7. The molecule has 4 saturated carbocycles. The van der Waals surface area contributed by atoms with Crippen molar-refractivity contribution in [2.45, 2.75) is 171 Å².